The highest BCUT2D eigenvalue weighted by atomic mass is 20.0. The zero-order chi connectivity index (χ0) is 92.9. The van der Waals surface area contributed by atoms with E-state index in [1.807, 2.05) is 44.4 Å². The summed E-state index contributed by atoms with van der Waals surface area (Å²) in [6.07, 6.45) is 12.0. The minimum atomic E-state index is -1.90. The van der Waals surface area contributed by atoms with Crippen molar-refractivity contribution in [3.63, 3.8) is 0 Å². The molecule has 6 aromatic rings. The molecule has 2 spiro atoms. The normalized spacial score (nSPS) is 27.7. The summed E-state index contributed by atoms with van der Waals surface area (Å²) in [7, 11) is 11.7. The summed E-state index contributed by atoms with van der Waals surface area (Å²) in [6.45, 7) is 14.1. The zero-order valence-corrected chi connectivity index (χ0v) is 70.9. The van der Waals surface area contributed by atoms with E-state index in [1.54, 1.807) is 62.8 Å². The molecule has 0 radical (unpaired) electrons. The maximum absolute atomic E-state index is 15.5. The molecule has 10 aliphatic rings. The molecule has 127 heavy (non-hydrogen) atoms. The second kappa shape index (κ2) is 46.3. The molecule has 9 heterocycles. The molecule has 15 atom stereocenters. The number of hydrogen-bond acceptors (Lipinski definition) is 21. The lowest BCUT2D eigenvalue weighted by Gasteiger charge is -2.64. The predicted octanol–water partition coefficient (Wildman–Crippen LogP) is 17.2. The number of aliphatic hydroxyl groups is 2. The molecule has 41 heteroatoms. The van der Waals surface area contributed by atoms with Crippen LogP contribution < -0.4 is 48.9 Å². The van der Waals surface area contributed by atoms with E-state index in [1.165, 1.54) is 40.7 Å². The maximum Gasteiger partial charge on any atom is 0.412 e. The molecule has 1 unspecified atom stereocenters. The number of nitrogens with zero attached hydrogens (tertiary/aromatic N) is 5. The zero-order valence-electron chi connectivity index (χ0n) is 70.9. The Hall–Kier alpha value is -10.8. The third-order valence-corrected chi connectivity index (χ3v) is 26.4. The van der Waals surface area contributed by atoms with Gasteiger partial charge in [0.2, 0.25) is 0 Å². The van der Waals surface area contributed by atoms with Crippen molar-refractivity contribution in [2.45, 2.75) is 151 Å². The van der Waals surface area contributed by atoms with Crippen molar-refractivity contribution in [2.75, 3.05) is 118 Å². The summed E-state index contributed by atoms with van der Waals surface area (Å²) in [4.78, 5) is 84.0. The van der Waals surface area contributed by atoms with E-state index < -0.39 is 86.7 Å². The van der Waals surface area contributed by atoms with Gasteiger partial charge in [0.1, 0.15) is 40.3 Å². The molecule has 8 aliphatic heterocycles. The third kappa shape index (κ3) is 18.4. The van der Waals surface area contributed by atoms with Crippen molar-refractivity contribution in [1.29, 1.82) is 0 Å². The SMILES string of the molecule is C.CCC1=C[C@@H]2CN(CCc3c([nH]c4ccccc34)[C@@](C(=O)OC)(c3cc4c(cc3OC)N(C)[C@H]3[C@@](O)(CNC(=O)Oc5ccccc5OC)[C@H](OC(C)=O)[C@]5(CC)C=CCN6CC[C@]43[C@@H]65)C2)C1.CC[C@]12C=CCN3CC[C@@]4(c5ccc(OC)cc5N(C)[C@H]4[C@@](O)(CNC(=O)Oc4ccccc4OC)[C@@H]1OC(C)=O)[C@@H]32.F.FF.FF.FF.FF.FF.FF.FF.FF. The summed E-state index contributed by atoms with van der Waals surface area (Å²) < 4.78 is 181. The monoisotopic (exact) mass is 1830 g/mol. The fourth-order valence-electron chi connectivity index (χ4n) is 22.8. The molecular weight excluding hydrogens is 1720 g/mol. The number of anilines is 2. The Morgan fingerprint density at radius 3 is 1.43 bits per heavy atom. The van der Waals surface area contributed by atoms with Gasteiger partial charge in [-0.1, -0.05) is 113 Å². The number of H-pyrrole nitrogens is 1. The standard InChI is InChI=1S/C53H63N5O9.C32H39N3O7.CH4.8F2.FH/c1-8-33-25-34-28-52(48(60)65-7,44-36(19-23-57(29-33)30-34)35-15-10-11-16-39(35)55-44)38-26-37-40(27-43(38)64-6)56(4)46-51(37)21-24-58-22-14-20-50(9-2,45(51)58)47(66-32(3)59)53(46,62)31-54-49(61)67-42-18-13-12-17-41(42)63-5;1-6-30-14-9-16-35-17-15-31(26(30)35)22-13-12-21(39-4)18-23(22)34(3)27(31)32(38,28(30)41-20(2)36)19-33-29(37)42-25-11-8-7-10-24(25)40-5;;8*1-2;/h10-18,20,25-27,34,45-47,55,62H,8-9,19,21-24,28-31H2,1-7H3,(H,54,61);7-14,18,26-28,38H,6,15-17,19H2,1-5H3,(H,33,37);1H4;;;;;;;;;1H/t34-,45-,46+,47+,50+,51+,52-,53-;26-,27+,28+,30+,31+,32-;;;;;;;;;;/m00........../s1. The summed E-state index contributed by atoms with van der Waals surface area (Å²) in [6, 6.07) is 30.7. The number of benzene rings is 5. The first-order valence-electron chi connectivity index (χ1n) is 39.4. The molecular formula is C86H107F17N8O16. The van der Waals surface area contributed by atoms with Gasteiger partial charge in [-0.05, 0) is 123 Å². The van der Waals surface area contributed by atoms with Crippen LogP contribution in [-0.2, 0) is 51.3 Å². The van der Waals surface area contributed by atoms with E-state index in [0.717, 1.165) is 102 Å². The predicted molar refractivity (Wildman–Crippen MR) is 437 cm³/mol. The Bertz CT molecular complexity index is 4750. The average molecular weight is 1830 g/mol. The van der Waals surface area contributed by atoms with Crippen LogP contribution in [0, 0.1) is 16.7 Å². The number of rotatable bonds is 17. The van der Waals surface area contributed by atoms with E-state index >= 15 is 4.79 Å². The number of carbonyl (C=O) groups is 5. The first kappa shape index (κ1) is 107. The van der Waals surface area contributed by atoms with Gasteiger partial charge in [-0.25, -0.2) is 9.59 Å². The lowest BCUT2D eigenvalue weighted by molar-refractivity contribution is -0.217. The van der Waals surface area contributed by atoms with Crippen molar-refractivity contribution < 1.29 is 155 Å². The number of para-hydroxylation sites is 5. The molecule has 2 bridgehead atoms. The van der Waals surface area contributed by atoms with Gasteiger partial charge in [0.05, 0.1) is 60.7 Å². The van der Waals surface area contributed by atoms with Crippen LogP contribution in [0.5, 0.6) is 34.5 Å². The Labute approximate surface area is 722 Å². The Morgan fingerprint density at radius 1 is 0.535 bits per heavy atom. The summed E-state index contributed by atoms with van der Waals surface area (Å²) in [5.74, 6) is 1.09. The van der Waals surface area contributed by atoms with Crippen molar-refractivity contribution in [1.82, 2.24) is 30.3 Å². The molecule has 24 nitrogen and oxygen atoms in total. The van der Waals surface area contributed by atoms with Crippen LogP contribution in [0.3, 0.4) is 0 Å². The number of aromatic amines is 1. The first-order valence-corrected chi connectivity index (χ1v) is 39.4. The van der Waals surface area contributed by atoms with Crippen LogP contribution in [-0.4, -0.2) is 216 Å². The van der Waals surface area contributed by atoms with Crippen LogP contribution in [0.4, 0.5) is 98.9 Å². The number of methoxy groups -OCH3 is 5. The van der Waals surface area contributed by atoms with E-state index in [-0.39, 0.29) is 60.7 Å². The number of ether oxygens (including phenoxy) is 9. The molecule has 2 amide bonds. The lowest BCUT2D eigenvalue weighted by Crippen LogP contribution is -2.81. The van der Waals surface area contributed by atoms with E-state index in [0.29, 0.717) is 61.6 Å². The fraction of sp³-hybridized carbons (Fsp3) is 0.500. The number of amides is 2. The van der Waals surface area contributed by atoms with E-state index in [4.69, 9.17) is 116 Å². The van der Waals surface area contributed by atoms with Crippen LogP contribution in [0.2, 0.25) is 0 Å². The highest BCUT2D eigenvalue weighted by molar-refractivity contribution is 5.95. The summed E-state index contributed by atoms with van der Waals surface area (Å²) in [5.41, 5.74) is 0.877. The minimum Gasteiger partial charge on any atom is -0.497 e. The molecule has 2 aliphatic carbocycles. The van der Waals surface area contributed by atoms with E-state index in [9.17, 15) is 29.4 Å². The quantitative estimate of drug-likeness (QED) is 0.0246. The number of nitrogens with one attached hydrogen (secondary N) is 3. The van der Waals surface area contributed by atoms with Crippen molar-refractivity contribution in [2.24, 2.45) is 16.7 Å². The number of likely N-dealkylation sites (N-methyl/N-ethyl adjacent to an activating group) is 2. The van der Waals surface area contributed by atoms with Crippen LogP contribution >= 0.6 is 0 Å². The summed E-state index contributed by atoms with van der Waals surface area (Å²) >= 11 is 0. The number of hydrogen-bond donors (Lipinski definition) is 5. The smallest absolute Gasteiger partial charge is 0.412 e. The lowest BCUT2D eigenvalue weighted by atomic mass is 9.47. The minimum absolute atomic E-state index is 0. The van der Waals surface area contributed by atoms with Gasteiger partial charge in [0, 0.05) is 213 Å². The molecule has 706 valence electrons. The molecule has 1 aromatic heterocycles. The van der Waals surface area contributed by atoms with Gasteiger partial charge in [-0.3, -0.25) is 33.8 Å². The number of aromatic nitrogens is 1. The number of halogens is 17. The number of fused-ring (bicyclic) bond motifs is 7. The maximum atomic E-state index is 15.5. The van der Waals surface area contributed by atoms with Crippen LogP contribution in [0.25, 0.3) is 10.9 Å². The van der Waals surface area contributed by atoms with Crippen LogP contribution in [0.1, 0.15) is 109 Å². The molecule has 4 fully saturated rings. The third-order valence-electron chi connectivity index (χ3n) is 26.4. The van der Waals surface area contributed by atoms with Crippen LogP contribution in [0.15, 0.2) is 139 Å². The van der Waals surface area contributed by atoms with Gasteiger partial charge < -0.3 is 78.3 Å². The Morgan fingerprint density at radius 2 is 0.984 bits per heavy atom. The molecule has 2 saturated carbocycles. The second-order valence-electron chi connectivity index (χ2n) is 31.4. The average Bonchev–Trinajstić information content (AvgIpc) is 1.50. The van der Waals surface area contributed by atoms with Crippen molar-refractivity contribution in [3.05, 3.63) is 167 Å². The van der Waals surface area contributed by atoms with Gasteiger partial charge in [0.25, 0.3) is 0 Å². The van der Waals surface area contributed by atoms with E-state index in [2.05, 4.69) is 116 Å². The molecule has 5 aromatic carbocycles. The number of esters is 3. The van der Waals surface area contributed by atoms with Crippen molar-refractivity contribution in [3.8, 4) is 34.5 Å². The highest BCUT2D eigenvalue weighted by Crippen LogP contribution is 2.70. The largest absolute Gasteiger partial charge is 0.497 e. The van der Waals surface area contributed by atoms with Gasteiger partial charge >= 0.3 is 30.1 Å². The molecule has 16 rings (SSSR count). The summed E-state index contributed by atoms with van der Waals surface area (Å²) in [5, 5.41) is 33.8. The van der Waals surface area contributed by atoms with Gasteiger partial charge in [-0.2, -0.15) is 0 Å². The molecule has 5 N–H and O–H groups in total. The topological polar surface area (TPSA) is 265 Å². The fourth-order valence-corrected chi connectivity index (χ4v) is 22.8. The second-order valence-corrected chi connectivity index (χ2v) is 31.4. The van der Waals surface area contributed by atoms with Gasteiger partial charge in [-0.15, -0.1) is 0 Å². The first-order chi connectivity index (χ1) is 60.5. The Kier molecular flexibility index (Phi) is 38.9. The Balaban J connectivity index is 0.000000411. The number of carbonyl (C=O) groups excluding carboxylic acids is 5. The molecule has 2 saturated heterocycles. The highest BCUT2D eigenvalue weighted by Gasteiger charge is 2.80. The van der Waals surface area contributed by atoms with Gasteiger partial charge in [0.15, 0.2) is 23.0 Å². The van der Waals surface area contributed by atoms with Crippen molar-refractivity contribution >= 4 is 52.4 Å².